The lowest BCUT2D eigenvalue weighted by Crippen LogP contribution is -2.57. The summed E-state index contributed by atoms with van der Waals surface area (Å²) in [5, 5.41) is 17.6. The van der Waals surface area contributed by atoms with Crippen molar-refractivity contribution in [3.63, 3.8) is 0 Å². The van der Waals surface area contributed by atoms with E-state index in [0.29, 0.717) is 18.7 Å². The fourth-order valence-corrected chi connectivity index (χ4v) is 1.95. The molecule has 0 atom stereocenters. The Balaban J connectivity index is 1.80. The van der Waals surface area contributed by atoms with Crippen LogP contribution in [0, 0.1) is 0 Å². The van der Waals surface area contributed by atoms with E-state index in [1.54, 1.807) is 0 Å². The summed E-state index contributed by atoms with van der Waals surface area (Å²) in [4.78, 5) is 26.1. The van der Waals surface area contributed by atoms with Crippen LogP contribution in [0.2, 0.25) is 0 Å². The molecule has 1 aliphatic carbocycles. The van der Waals surface area contributed by atoms with Gasteiger partial charge in [-0.1, -0.05) is 5.16 Å². The maximum Gasteiger partial charge on any atom is 0.315 e. The standard InChI is InChI=1S/C10H14N4O4/c15-8(16)4-10(2-1-3-10)13-9(17)11-5-7-12-6-18-14-7/h6H,1-5H2,(H,15,16)(H2,11,13,17). The Morgan fingerprint density at radius 1 is 1.50 bits per heavy atom. The zero-order valence-corrected chi connectivity index (χ0v) is 9.68. The highest BCUT2D eigenvalue weighted by atomic mass is 16.5. The monoisotopic (exact) mass is 254 g/mol. The summed E-state index contributed by atoms with van der Waals surface area (Å²) in [6, 6.07) is -0.416. The van der Waals surface area contributed by atoms with Gasteiger partial charge >= 0.3 is 12.0 Å². The first-order valence-electron chi connectivity index (χ1n) is 5.63. The summed E-state index contributed by atoms with van der Waals surface area (Å²) in [5.74, 6) is -0.542. The first-order chi connectivity index (χ1) is 8.60. The van der Waals surface area contributed by atoms with Crippen LogP contribution in [0.15, 0.2) is 10.9 Å². The number of nitrogens with zero attached hydrogens (tertiary/aromatic N) is 2. The minimum absolute atomic E-state index is 0.0529. The zero-order chi connectivity index (χ0) is 13.0. The molecular formula is C10H14N4O4. The first kappa shape index (κ1) is 12.3. The molecule has 0 aliphatic heterocycles. The van der Waals surface area contributed by atoms with Gasteiger partial charge in [0.05, 0.1) is 18.5 Å². The van der Waals surface area contributed by atoms with Crippen LogP contribution in [0.1, 0.15) is 31.5 Å². The van der Waals surface area contributed by atoms with E-state index >= 15 is 0 Å². The number of carbonyl (C=O) groups excluding carboxylic acids is 1. The highest BCUT2D eigenvalue weighted by Crippen LogP contribution is 2.34. The van der Waals surface area contributed by atoms with Gasteiger partial charge in [-0.3, -0.25) is 4.79 Å². The number of rotatable bonds is 5. The normalized spacial score (nSPS) is 16.7. The summed E-state index contributed by atoms with van der Waals surface area (Å²) in [7, 11) is 0. The summed E-state index contributed by atoms with van der Waals surface area (Å²) in [5.41, 5.74) is -0.604. The molecule has 2 rings (SSSR count). The van der Waals surface area contributed by atoms with Crippen molar-refractivity contribution in [2.75, 3.05) is 0 Å². The molecule has 0 aromatic carbocycles. The minimum atomic E-state index is -0.909. The number of aliphatic carboxylic acids is 1. The average molecular weight is 254 g/mol. The number of nitrogens with one attached hydrogen (secondary N) is 2. The Morgan fingerprint density at radius 3 is 2.78 bits per heavy atom. The van der Waals surface area contributed by atoms with Crippen molar-refractivity contribution in [3.8, 4) is 0 Å². The summed E-state index contributed by atoms with van der Waals surface area (Å²) in [6.07, 6.45) is 3.43. The Kier molecular flexibility index (Phi) is 3.45. The van der Waals surface area contributed by atoms with E-state index in [9.17, 15) is 9.59 Å². The number of hydrogen-bond acceptors (Lipinski definition) is 5. The Hall–Kier alpha value is -2.12. The van der Waals surface area contributed by atoms with Crippen LogP contribution in [0.5, 0.6) is 0 Å². The van der Waals surface area contributed by atoms with Crippen LogP contribution in [-0.2, 0) is 11.3 Å². The van der Waals surface area contributed by atoms with Crippen LogP contribution in [-0.4, -0.2) is 32.8 Å². The zero-order valence-electron chi connectivity index (χ0n) is 9.68. The number of aromatic nitrogens is 2. The van der Waals surface area contributed by atoms with Gasteiger partial charge in [-0.25, -0.2) is 4.79 Å². The molecule has 1 saturated carbocycles. The molecule has 1 aromatic rings. The molecule has 2 amide bonds. The molecule has 1 aromatic heterocycles. The van der Waals surface area contributed by atoms with Crippen LogP contribution in [0.3, 0.4) is 0 Å². The molecule has 1 fully saturated rings. The Morgan fingerprint density at radius 2 is 2.28 bits per heavy atom. The van der Waals surface area contributed by atoms with Crippen molar-refractivity contribution < 1.29 is 19.2 Å². The molecule has 98 valence electrons. The third kappa shape index (κ3) is 2.96. The van der Waals surface area contributed by atoms with Crippen molar-refractivity contribution in [1.82, 2.24) is 20.8 Å². The molecule has 1 heterocycles. The lowest BCUT2D eigenvalue weighted by atomic mass is 9.74. The van der Waals surface area contributed by atoms with Crippen molar-refractivity contribution >= 4 is 12.0 Å². The molecule has 0 saturated heterocycles. The molecule has 0 bridgehead atoms. The average Bonchev–Trinajstić information content (AvgIpc) is 2.75. The van der Waals surface area contributed by atoms with Gasteiger partial charge in [-0.2, -0.15) is 4.98 Å². The van der Waals surface area contributed by atoms with Crippen molar-refractivity contribution in [3.05, 3.63) is 12.2 Å². The van der Waals surface area contributed by atoms with Gasteiger partial charge in [0.2, 0.25) is 6.39 Å². The van der Waals surface area contributed by atoms with Crippen LogP contribution in [0.4, 0.5) is 4.79 Å². The summed E-state index contributed by atoms with van der Waals surface area (Å²) in [6.45, 7) is 0.144. The Labute approximate surface area is 103 Å². The third-order valence-electron chi connectivity index (χ3n) is 2.99. The van der Waals surface area contributed by atoms with Gasteiger partial charge in [0.15, 0.2) is 5.82 Å². The highest BCUT2D eigenvalue weighted by Gasteiger charge is 2.40. The minimum Gasteiger partial charge on any atom is -0.481 e. The van der Waals surface area contributed by atoms with E-state index in [2.05, 4.69) is 25.3 Å². The molecule has 3 N–H and O–H groups in total. The van der Waals surface area contributed by atoms with Crippen molar-refractivity contribution in [2.45, 2.75) is 37.8 Å². The van der Waals surface area contributed by atoms with Gasteiger partial charge in [-0.05, 0) is 19.3 Å². The number of urea groups is 1. The fraction of sp³-hybridized carbons (Fsp3) is 0.600. The maximum atomic E-state index is 11.6. The predicted molar refractivity (Wildman–Crippen MR) is 58.5 cm³/mol. The van der Waals surface area contributed by atoms with Gasteiger partial charge in [0.25, 0.3) is 0 Å². The first-order valence-corrected chi connectivity index (χ1v) is 5.63. The van der Waals surface area contributed by atoms with Gasteiger partial charge in [0, 0.05) is 0 Å². The maximum absolute atomic E-state index is 11.6. The van der Waals surface area contributed by atoms with E-state index in [4.69, 9.17) is 5.11 Å². The van der Waals surface area contributed by atoms with E-state index in [1.165, 1.54) is 6.39 Å². The fourth-order valence-electron chi connectivity index (χ4n) is 1.95. The molecule has 8 nitrogen and oxygen atoms in total. The number of hydrogen-bond donors (Lipinski definition) is 3. The second-order valence-electron chi connectivity index (χ2n) is 4.36. The van der Waals surface area contributed by atoms with Crippen LogP contribution < -0.4 is 10.6 Å². The third-order valence-corrected chi connectivity index (χ3v) is 2.99. The van der Waals surface area contributed by atoms with Gasteiger partial charge < -0.3 is 20.3 Å². The van der Waals surface area contributed by atoms with Crippen LogP contribution in [0.25, 0.3) is 0 Å². The smallest absolute Gasteiger partial charge is 0.315 e. The molecule has 0 spiro atoms. The molecule has 1 aliphatic rings. The molecular weight excluding hydrogens is 240 g/mol. The molecule has 8 heteroatoms. The quantitative estimate of drug-likeness (QED) is 0.694. The van der Waals surface area contributed by atoms with Gasteiger partial charge in [0.1, 0.15) is 0 Å². The second-order valence-corrected chi connectivity index (χ2v) is 4.36. The number of carboxylic acid groups (broad SMARTS) is 1. The number of amides is 2. The highest BCUT2D eigenvalue weighted by molar-refractivity contribution is 5.77. The number of carbonyl (C=O) groups is 2. The molecule has 0 radical (unpaired) electrons. The van der Waals surface area contributed by atoms with Crippen LogP contribution >= 0.6 is 0 Å². The van der Waals surface area contributed by atoms with Crippen molar-refractivity contribution in [2.24, 2.45) is 0 Å². The lowest BCUT2D eigenvalue weighted by molar-refractivity contribution is -0.139. The lowest BCUT2D eigenvalue weighted by Gasteiger charge is -2.41. The van der Waals surface area contributed by atoms with Gasteiger partial charge in [-0.15, -0.1) is 0 Å². The predicted octanol–water partition coefficient (Wildman–Crippen LogP) is 0.266. The second kappa shape index (κ2) is 5.03. The summed E-state index contributed by atoms with van der Waals surface area (Å²) < 4.78 is 4.52. The SMILES string of the molecule is O=C(O)CC1(NC(=O)NCc2ncon2)CCC1. The van der Waals surface area contributed by atoms with E-state index in [0.717, 1.165) is 6.42 Å². The summed E-state index contributed by atoms with van der Waals surface area (Å²) >= 11 is 0. The van der Waals surface area contributed by atoms with Crippen molar-refractivity contribution in [1.29, 1.82) is 0 Å². The van der Waals surface area contributed by atoms with E-state index < -0.39 is 17.5 Å². The topological polar surface area (TPSA) is 117 Å². The Bertz CT molecular complexity index is 427. The number of carboxylic acids is 1. The molecule has 18 heavy (non-hydrogen) atoms. The molecule has 0 unspecified atom stereocenters. The largest absolute Gasteiger partial charge is 0.481 e. The van der Waals surface area contributed by atoms with E-state index in [1.807, 2.05) is 0 Å². The van der Waals surface area contributed by atoms with E-state index in [-0.39, 0.29) is 13.0 Å².